The fourth-order valence-corrected chi connectivity index (χ4v) is 3.74. The van der Waals surface area contributed by atoms with Gasteiger partial charge in [0, 0.05) is 24.0 Å². The first-order chi connectivity index (χ1) is 10.7. The number of thioether (sulfide) groups is 1. The van der Waals surface area contributed by atoms with Gasteiger partial charge in [-0.05, 0) is 19.6 Å². The standard InChI is InChI=1S/C16H20N2O2S2/c1-11-14(15(20)18-13(8-9-19)10-21-2)22-16(17-11)12-6-4-3-5-7-12/h3-7,13,19H,8-10H2,1-2H3,(H,18,20). The van der Waals surface area contributed by atoms with Crippen molar-refractivity contribution in [1.82, 2.24) is 10.3 Å². The molecule has 1 atom stereocenters. The third kappa shape index (κ3) is 4.32. The minimum atomic E-state index is -0.107. The molecule has 1 aromatic carbocycles. The van der Waals surface area contributed by atoms with Crippen LogP contribution in [0.25, 0.3) is 10.6 Å². The van der Waals surface area contributed by atoms with Gasteiger partial charge in [-0.15, -0.1) is 11.3 Å². The number of carbonyl (C=O) groups is 1. The Morgan fingerprint density at radius 1 is 1.41 bits per heavy atom. The summed E-state index contributed by atoms with van der Waals surface area (Å²) in [4.78, 5) is 17.6. The molecular weight excluding hydrogens is 316 g/mol. The number of amides is 1. The molecule has 1 unspecified atom stereocenters. The highest BCUT2D eigenvalue weighted by atomic mass is 32.2. The van der Waals surface area contributed by atoms with E-state index in [1.165, 1.54) is 11.3 Å². The van der Waals surface area contributed by atoms with Crippen LogP contribution in [0.3, 0.4) is 0 Å². The van der Waals surface area contributed by atoms with Crippen LogP contribution in [0, 0.1) is 6.92 Å². The van der Waals surface area contributed by atoms with Crippen molar-refractivity contribution < 1.29 is 9.90 Å². The molecule has 2 rings (SSSR count). The van der Waals surface area contributed by atoms with Gasteiger partial charge in [-0.3, -0.25) is 4.79 Å². The number of thiazole rings is 1. The molecule has 1 heterocycles. The Morgan fingerprint density at radius 2 is 2.14 bits per heavy atom. The summed E-state index contributed by atoms with van der Waals surface area (Å²) in [7, 11) is 0. The van der Waals surface area contributed by atoms with Gasteiger partial charge in [0.05, 0.1) is 5.69 Å². The fourth-order valence-electron chi connectivity index (χ4n) is 2.12. The van der Waals surface area contributed by atoms with Crippen LogP contribution in [0.1, 0.15) is 21.8 Å². The molecule has 0 fully saturated rings. The van der Waals surface area contributed by atoms with Crippen molar-refractivity contribution >= 4 is 29.0 Å². The number of hydrogen-bond donors (Lipinski definition) is 2. The van der Waals surface area contributed by atoms with Crippen molar-refractivity contribution in [3.8, 4) is 10.6 Å². The Bertz CT molecular complexity index is 608. The molecular formula is C16H20N2O2S2. The van der Waals surface area contributed by atoms with E-state index in [1.54, 1.807) is 11.8 Å². The molecule has 0 aliphatic heterocycles. The minimum Gasteiger partial charge on any atom is -0.396 e. The molecule has 0 bridgehead atoms. The fraction of sp³-hybridized carbons (Fsp3) is 0.375. The van der Waals surface area contributed by atoms with Gasteiger partial charge in [0.25, 0.3) is 5.91 Å². The smallest absolute Gasteiger partial charge is 0.263 e. The summed E-state index contributed by atoms with van der Waals surface area (Å²) in [6.45, 7) is 1.93. The summed E-state index contributed by atoms with van der Waals surface area (Å²) < 4.78 is 0. The number of hydrogen-bond acceptors (Lipinski definition) is 5. The van der Waals surface area contributed by atoms with E-state index in [9.17, 15) is 4.79 Å². The Morgan fingerprint density at radius 3 is 2.77 bits per heavy atom. The summed E-state index contributed by atoms with van der Waals surface area (Å²) in [5, 5.41) is 12.9. The van der Waals surface area contributed by atoms with E-state index in [0.717, 1.165) is 22.0 Å². The molecule has 6 heteroatoms. The molecule has 0 saturated carbocycles. The van der Waals surface area contributed by atoms with Crippen molar-refractivity contribution in [2.75, 3.05) is 18.6 Å². The second-order valence-electron chi connectivity index (χ2n) is 4.94. The van der Waals surface area contributed by atoms with Crippen LogP contribution in [0.15, 0.2) is 30.3 Å². The molecule has 4 nitrogen and oxygen atoms in total. The van der Waals surface area contributed by atoms with Gasteiger partial charge in [0.15, 0.2) is 0 Å². The van der Waals surface area contributed by atoms with Crippen LogP contribution in [-0.2, 0) is 0 Å². The lowest BCUT2D eigenvalue weighted by Gasteiger charge is -2.16. The van der Waals surface area contributed by atoms with Gasteiger partial charge >= 0.3 is 0 Å². The number of nitrogens with zero attached hydrogens (tertiary/aromatic N) is 1. The monoisotopic (exact) mass is 336 g/mol. The molecule has 0 aliphatic rings. The zero-order valence-corrected chi connectivity index (χ0v) is 14.3. The predicted molar refractivity (Wildman–Crippen MR) is 93.6 cm³/mol. The highest BCUT2D eigenvalue weighted by molar-refractivity contribution is 7.98. The second-order valence-corrected chi connectivity index (χ2v) is 6.85. The summed E-state index contributed by atoms with van der Waals surface area (Å²) in [6, 6.07) is 9.83. The van der Waals surface area contributed by atoms with Crippen LogP contribution < -0.4 is 5.32 Å². The second kappa shape index (κ2) is 8.31. The van der Waals surface area contributed by atoms with Crippen molar-refractivity contribution in [2.45, 2.75) is 19.4 Å². The lowest BCUT2D eigenvalue weighted by atomic mass is 10.2. The van der Waals surface area contributed by atoms with Crippen molar-refractivity contribution in [1.29, 1.82) is 0 Å². The van der Waals surface area contributed by atoms with Crippen LogP contribution >= 0.6 is 23.1 Å². The van der Waals surface area contributed by atoms with Crippen molar-refractivity contribution in [2.24, 2.45) is 0 Å². The molecule has 118 valence electrons. The molecule has 0 saturated heterocycles. The average molecular weight is 336 g/mol. The number of aryl methyl sites for hydroxylation is 1. The first-order valence-corrected chi connectivity index (χ1v) is 9.30. The number of benzene rings is 1. The van der Waals surface area contributed by atoms with Gasteiger partial charge in [-0.1, -0.05) is 30.3 Å². The molecule has 0 spiro atoms. The van der Waals surface area contributed by atoms with Crippen LogP contribution in [0.4, 0.5) is 0 Å². The van der Waals surface area contributed by atoms with Crippen molar-refractivity contribution in [3.05, 3.63) is 40.9 Å². The molecule has 1 amide bonds. The third-order valence-corrected chi connectivity index (χ3v) is 5.15. The number of carbonyl (C=O) groups excluding carboxylic acids is 1. The van der Waals surface area contributed by atoms with E-state index in [-0.39, 0.29) is 18.6 Å². The summed E-state index contributed by atoms with van der Waals surface area (Å²) in [5.74, 6) is 0.681. The molecule has 0 aliphatic carbocycles. The first-order valence-electron chi connectivity index (χ1n) is 7.09. The van der Waals surface area contributed by atoms with Gasteiger partial charge in [0.1, 0.15) is 9.88 Å². The summed E-state index contributed by atoms with van der Waals surface area (Å²) in [6.07, 6.45) is 2.55. The third-order valence-electron chi connectivity index (χ3n) is 3.20. The molecule has 0 radical (unpaired) electrons. The molecule has 1 aromatic heterocycles. The highest BCUT2D eigenvalue weighted by Gasteiger charge is 2.19. The average Bonchev–Trinajstić information content (AvgIpc) is 2.91. The van der Waals surface area contributed by atoms with Crippen LogP contribution in [0.2, 0.25) is 0 Å². The Balaban J connectivity index is 2.15. The zero-order valence-electron chi connectivity index (χ0n) is 12.7. The van der Waals surface area contributed by atoms with Gasteiger partial charge in [-0.25, -0.2) is 4.98 Å². The maximum atomic E-state index is 12.4. The lowest BCUT2D eigenvalue weighted by Crippen LogP contribution is -2.37. The minimum absolute atomic E-state index is 0.0193. The number of nitrogens with one attached hydrogen (secondary N) is 1. The van der Waals surface area contributed by atoms with E-state index in [0.29, 0.717) is 11.3 Å². The Labute approximate surface area is 139 Å². The van der Waals surface area contributed by atoms with E-state index >= 15 is 0 Å². The quantitative estimate of drug-likeness (QED) is 0.816. The number of aromatic nitrogens is 1. The number of aliphatic hydroxyl groups is 1. The SMILES string of the molecule is CSCC(CCO)NC(=O)c1sc(-c2ccccc2)nc1C. The van der Waals surface area contributed by atoms with Gasteiger partial charge < -0.3 is 10.4 Å². The normalized spacial score (nSPS) is 12.1. The predicted octanol–water partition coefficient (Wildman–Crippen LogP) is 2.96. The topological polar surface area (TPSA) is 62.2 Å². The largest absolute Gasteiger partial charge is 0.396 e. The summed E-state index contributed by atoms with van der Waals surface area (Å²) >= 11 is 3.06. The summed E-state index contributed by atoms with van der Waals surface area (Å²) in [5.41, 5.74) is 1.76. The van der Waals surface area contributed by atoms with Gasteiger partial charge in [0.2, 0.25) is 0 Å². The van der Waals surface area contributed by atoms with Crippen LogP contribution in [-0.4, -0.2) is 40.7 Å². The lowest BCUT2D eigenvalue weighted by molar-refractivity contribution is 0.0938. The van der Waals surface area contributed by atoms with Crippen molar-refractivity contribution in [3.63, 3.8) is 0 Å². The highest BCUT2D eigenvalue weighted by Crippen LogP contribution is 2.27. The van der Waals surface area contributed by atoms with Gasteiger partial charge in [-0.2, -0.15) is 11.8 Å². The van der Waals surface area contributed by atoms with E-state index in [1.807, 2.05) is 43.5 Å². The maximum Gasteiger partial charge on any atom is 0.263 e. The number of aliphatic hydroxyl groups excluding tert-OH is 1. The number of rotatable bonds is 7. The zero-order chi connectivity index (χ0) is 15.9. The molecule has 22 heavy (non-hydrogen) atoms. The molecule has 2 N–H and O–H groups in total. The van der Waals surface area contributed by atoms with E-state index in [4.69, 9.17) is 5.11 Å². The maximum absolute atomic E-state index is 12.4. The Kier molecular flexibility index (Phi) is 6.42. The first kappa shape index (κ1) is 17.0. The van der Waals surface area contributed by atoms with E-state index < -0.39 is 0 Å². The van der Waals surface area contributed by atoms with Crippen LogP contribution in [0.5, 0.6) is 0 Å². The Hall–Kier alpha value is -1.37. The molecule has 2 aromatic rings. The van der Waals surface area contributed by atoms with E-state index in [2.05, 4.69) is 10.3 Å².